The van der Waals surface area contributed by atoms with Crippen LogP contribution in [0.15, 0.2) is 0 Å². The highest BCUT2D eigenvalue weighted by molar-refractivity contribution is 4.99. The number of piperidine rings is 1. The number of ether oxygens (including phenoxy) is 1. The Morgan fingerprint density at radius 1 is 1.09 bits per heavy atom. The Hall–Kier alpha value is -0.120. The van der Waals surface area contributed by atoms with Crippen LogP contribution in [0.25, 0.3) is 0 Å². The molecule has 1 saturated carbocycles. The Bertz CT molecular complexity index is 365. The smallest absolute Gasteiger partial charge is 0.0629 e. The second kappa shape index (κ2) is 6.78. The maximum atomic E-state index is 5.65. The molecule has 1 N–H and O–H groups in total. The summed E-state index contributed by atoms with van der Waals surface area (Å²) in [6.07, 6.45) is 10.6. The Labute approximate surface area is 137 Å². The summed E-state index contributed by atoms with van der Waals surface area (Å²) in [7, 11) is 1.89. The molecule has 2 saturated heterocycles. The molecule has 3 heteroatoms. The summed E-state index contributed by atoms with van der Waals surface area (Å²) >= 11 is 0. The van der Waals surface area contributed by atoms with Crippen molar-refractivity contribution in [3.63, 3.8) is 0 Å². The number of nitrogens with one attached hydrogen (secondary N) is 1. The minimum Gasteiger partial charge on any atom is -0.381 e. The van der Waals surface area contributed by atoms with Crippen molar-refractivity contribution >= 4 is 0 Å². The second-order valence-electron chi connectivity index (χ2n) is 9.01. The molecule has 3 aliphatic rings. The summed E-state index contributed by atoms with van der Waals surface area (Å²) in [5.41, 5.74) is 0.383. The number of hydrogen-bond donors (Lipinski definition) is 1. The van der Waals surface area contributed by atoms with Gasteiger partial charge in [0.05, 0.1) is 12.3 Å². The Morgan fingerprint density at radius 2 is 1.91 bits per heavy atom. The molecule has 3 rings (SSSR count). The van der Waals surface area contributed by atoms with Gasteiger partial charge in [0.25, 0.3) is 0 Å². The van der Waals surface area contributed by atoms with E-state index >= 15 is 0 Å². The molecule has 3 nitrogen and oxygen atoms in total. The largest absolute Gasteiger partial charge is 0.381 e. The highest BCUT2D eigenvalue weighted by Crippen LogP contribution is 2.42. The lowest BCUT2D eigenvalue weighted by Gasteiger charge is -2.42. The molecule has 128 valence electrons. The van der Waals surface area contributed by atoms with Crippen molar-refractivity contribution in [1.29, 1.82) is 0 Å². The molecule has 2 aliphatic heterocycles. The maximum Gasteiger partial charge on any atom is 0.0629 e. The van der Waals surface area contributed by atoms with Crippen molar-refractivity contribution in [1.82, 2.24) is 10.2 Å². The third-order valence-corrected chi connectivity index (χ3v) is 6.37. The number of hydrogen-bond acceptors (Lipinski definition) is 3. The number of likely N-dealkylation sites (tertiary alicyclic amines) is 1. The average molecular weight is 309 g/mol. The predicted octanol–water partition coefficient (Wildman–Crippen LogP) is 3.64. The molecule has 22 heavy (non-hydrogen) atoms. The monoisotopic (exact) mass is 308 g/mol. The molecule has 2 heterocycles. The van der Waals surface area contributed by atoms with Crippen molar-refractivity contribution in [2.24, 2.45) is 17.3 Å². The van der Waals surface area contributed by atoms with E-state index in [4.69, 9.17) is 4.74 Å². The normalized spacial score (nSPS) is 40.6. The predicted molar refractivity (Wildman–Crippen MR) is 91.8 cm³/mol. The zero-order chi connectivity index (χ0) is 15.7. The summed E-state index contributed by atoms with van der Waals surface area (Å²) in [5, 5.41) is 3.84. The third-order valence-electron chi connectivity index (χ3n) is 6.37. The fraction of sp³-hybridized carbons (Fsp3) is 1.00. The molecular formula is C19H36N2O. The van der Waals surface area contributed by atoms with Gasteiger partial charge in [-0.1, -0.05) is 27.2 Å². The van der Waals surface area contributed by atoms with Gasteiger partial charge >= 0.3 is 0 Å². The maximum absolute atomic E-state index is 5.65. The van der Waals surface area contributed by atoms with Crippen LogP contribution in [0.2, 0.25) is 0 Å². The van der Waals surface area contributed by atoms with E-state index in [9.17, 15) is 0 Å². The van der Waals surface area contributed by atoms with E-state index < -0.39 is 0 Å². The molecule has 0 radical (unpaired) electrons. The van der Waals surface area contributed by atoms with Crippen LogP contribution < -0.4 is 5.32 Å². The van der Waals surface area contributed by atoms with Crippen LogP contribution in [0.3, 0.4) is 0 Å². The summed E-state index contributed by atoms with van der Waals surface area (Å²) < 4.78 is 5.65. The van der Waals surface area contributed by atoms with Gasteiger partial charge in [0.1, 0.15) is 0 Å². The lowest BCUT2D eigenvalue weighted by Crippen LogP contribution is -2.53. The summed E-state index contributed by atoms with van der Waals surface area (Å²) in [5.74, 6) is 1.70. The standard InChI is InChI=1S/C19H36N2O/c1-19(2,3)17-12-15-8-6-10-20-18(15)21(17)13-14-7-5-9-16(11-14)22-4/h14-18,20H,5-13H2,1-4H3. The zero-order valence-electron chi connectivity index (χ0n) is 15.1. The van der Waals surface area contributed by atoms with Crippen LogP contribution >= 0.6 is 0 Å². The lowest BCUT2D eigenvalue weighted by atomic mass is 9.82. The molecular weight excluding hydrogens is 272 g/mol. The van der Waals surface area contributed by atoms with E-state index in [-0.39, 0.29) is 0 Å². The summed E-state index contributed by atoms with van der Waals surface area (Å²) in [6, 6.07) is 0.732. The van der Waals surface area contributed by atoms with Crippen LogP contribution in [0.1, 0.15) is 65.7 Å². The molecule has 5 unspecified atom stereocenters. The van der Waals surface area contributed by atoms with Crippen LogP contribution in [0, 0.1) is 17.3 Å². The number of fused-ring (bicyclic) bond motifs is 1. The fourth-order valence-corrected chi connectivity index (χ4v) is 5.20. The van der Waals surface area contributed by atoms with Crippen LogP contribution in [0.4, 0.5) is 0 Å². The summed E-state index contributed by atoms with van der Waals surface area (Å²) in [6.45, 7) is 9.78. The second-order valence-corrected chi connectivity index (χ2v) is 9.01. The fourth-order valence-electron chi connectivity index (χ4n) is 5.20. The van der Waals surface area contributed by atoms with Gasteiger partial charge in [0, 0.05) is 19.7 Å². The molecule has 0 aromatic heterocycles. The minimum absolute atomic E-state index is 0.383. The first-order chi connectivity index (χ1) is 10.5. The van der Waals surface area contributed by atoms with Gasteiger partial charge < -0.3 is 10.1 Å². The van der Waals surface area contributed by atoms with Crippen molar-refractivity contribution in [3.05, 3.63) is 0 Å². The van der Waals surface area contributed by atoms with Crippen LogP contribution in [-0.2, 0) is 4.74 Å². The summed E-state index contributed by atoms with van der Waals surface area (Å²) in [4.78, 5) is 2.85. The Morgan fingerprint density at radius 3 is 2.64 bits per heavy atom. The number of rotatable bonds is 3. The molecule has 0 spiro atoms. The third kappa shape index (κ3) is 3.52. The first-order valence-corrected chi connectivity index (χ1v) is 9.51. The van der Waals surface area contributed by atoms with E-state index in [0.717, 1.165) is 17.9 Å². The first-order valence-electron chi connectivity index (χ1n) is 9.51. The van der Waals surface area contributed by atoms with E-state index in [1.165, 1.54) is 58.0 Å². The van der Waals surface area contributed by atoms with E-state index in [2.05, 4.69) is 31.0 Å². The van der Waals surface area contributed by atoms with Gasteiger partial charge in [-0.2, -0.15) is 0 Å². The van der Waals surface area contributed by atoms with E-state index in [1.807, 2.05) is 7.11 Å². The first kappa shape index (κ1) is 16.7. The molecule has 3 fully saturated rings. The van der Waals surface area contributed by atoms with E-state index in [0.29, 0.717) is 17.7 Å². The quantitative estimate of drug-likeness (QED) is 0.861. The molecule has 0 aromatic rings. The lowest BCUT2D eigenvalue weighted by molar-refractivity contribution is 0.0178. The van der Waals surface area contributed by atoms with Crippen molar-refractivity contribution < 1.29 is 4.74 Å². The zero-order valence-corrected chi connectivity index (χ0v) is 15.1. The van der Waals surface area contributed by atoms with Gasteiger partial charge in [0.15, 0.2) is 0 Å². The van der Waals surface area contributed by atoms with Gasteiger partial charge in [-0.25, -0.2) is 0 Å². The minimum atomic E-state index is 0.383. The molecule has 0 aromatic carbocycles. The molecule has 1 aliphatic carbocycles. The Balaban J connectivity index is 1.70. The SMILES string of the molecule is COC1CCCC(CN2C3NCCCC3CC2C(C)(C)C)C1. The molecule has 0 amide bonds. The average Bonchev–Trinajstić information content (AvgIpc) is 2.87. The van der Waals surface area contributed by atoms with Crippen molar-refractivity contribution in [3.8, 4) is 0 Å². The topological polar surface area (TPSA) is 24.5 Å². The number of methoxy groups -OCH3 is 1. The molecule has 5 atom stereocenters. The highest BCUT2D eigenvalue weighted by atomic mass is 16.5. The van der Waals surface area contributed by atoms with Crippen molar-refractivity contribution in [2.75, 3.05) is 20.2 Å². The van der Waals surface area contributed by atoms with Gasteiger partial charge in [0.2, 0.25) is 0 Å². The highest BCUT2D eigenvalue weighted by Gasteiger charge is 2.46. The van der Waals surface area contributed by atoms with Crippen molar-refractivity contribution in [2.45, 2.75) is 84.0 Å². The molecule has 0 bridgehead atoms. The van der Waals surface area contributed by atoms with Gasteiger partial charge in [-0.05, 0) is 62.3 Å². The van der Waals surface area contributed by atoms with Gasteiger partial charge in [-0.15, -0.1) is 0 Å². The van der Waals surface area contributed by atoms with E-state index in [1.54, 1.807) is 0 Å². The Kier molecular flexibility index (Phi) is 5.16. The van der Waals surface area contributed by atoms with Gasteiger partial charge in [-0.3, -0.25) is 4.90 Å². The van der Waals surface area contributed by atoms with Crippen LogP contribution in [-0.4, -0.2) is 43.4 Å². The van der Waals surface area contributed by atoms with Crippen LogP contribution in [0.5, 0.6) is 0 Å². The number of nitrogens with zero attached hydrogens (tertiary/aromatic N) is 1.